The number of nitrogens with zero attached hydrogens (tertiary/aromatic N) is 2. The van der Waals surface area contributed by atoms with Crippen LogP contribution in [0.2, 0.25) is 0 Å². The molecule has 2 aromatic carbocycles. The number of hydrogen-bond donors (Lipinski definition) is 2. The van der Waals surface area contributed by atoms with Crippen molar-refractivity contribution in [2.75, 3.05) is 24.3 Å². The first-order valence-corrected chi connectivity index (χ1v) is 11.7. The molecule has 1 aromatic heterocycles. The Morgan fingerprint density at radius 2 is 1.94 bits per heavy atom. The van der Waals surface area contributed by atoms with Gasteiger partial charge in [0.15, 0.2) is 18.1 Å². The number of thioether (sulfide) groups is 1. The average Bonchev–Trinajstić information content (AvgIpc) is 2.98. The van der Waals surface area contributed by atoms with E-state index in [1.807, 2.05) is 57.2 Å². The molecular formula is C24H26N4O4S. The molecule has 8 nitrogen and oxygen atoms in total. The summed E-state index contributed by atoms with van der Waals surface area (Å²) in [6.45, 7) is 6.05. The van der Waals surface area contributed by atoms with Gasteiger partial charge in [-0.15, -0.1) is 11.8 Å². The maximum atomic E-state index is 12.6. The smallest absolute Gasteiger partial charge is 0.255 e. The highest BCUT2D eigenvalue weighted by molar-refractivity contribution is 8.00. The van der Waals surface area contributed by atoms with Crippen LogP contribution in [0.3, 0.4) is 0 Å². The molecule has 0 bridgehead atoms. The van der Waals surface area contributed by atoms with E-state index >= 15 is 0 Å². The van der Waals surface area contributed by atoms with Gasteiger partial charge in [-0.25, -0.2) is 4.68 Å². The second-order valence-electron chi connectivity index (χ2n) is 7.73. The lowest BCUT2D eigenvalue weighted by atomic mass is 10.0. The highest BCUT2D eigenvalue weighted by Crippen LogP contribution is 2.45. The normalized spacial score (nSPS) is 15.4. The molecule has 2 heterocycles. The number of nitrogens with one attached hydrogen (secondary N) is 1. The Labute approximate surface area is 196 Å². The minimum absolute atomic E-state index is 0.0801. The van der Waals surface area contributed by atoms with Crippen LogP contribution in [0.4, 0.5) is 5.82 Å². The van der Waals surface area contributed by atoms with E-state index < -0.39 is 5.91 Å². The fourth-order valence-electron chi connectivity index (χ4n) is 3.74. The summed E-state index contributed by atoms with van der Waals surface area (Å²) in [5.74, 6) is 1.29. The van der Waals surface area contributed by atoms with Gasteiger partial charge in [0.05, 0.1) is 29.0 Å². The molecule has 0 saturated carbocycles. The SMILES string of the molecule is CCOc1cc(C2SCC(=O)Nc3c2c(C)nn3-c2ccc(C)cc2)ccc1OCC(N)=O. The Balaban J connectivity index is 1.78. The fourth-order valence-corrected chi connectivity index (χ4v) is 4.92. The minimum Gasteiger partial charge on any atom is -0.490 e. The van der Waals surface area contributed by atoms with E-state index in [9.17, 15) is 9.59 Å². The highest BCUT2D eigenvalue weighted by atomic mass is 32.2. The van der Waals surface area contributed by atoms with E-state index in [4.69, 9.17) is 20.3 Å². The summed E-state index contributed by atoms with van der Waals surface area (Å²) in [5, 5.41) is 7.64. The van der Waals surface area contributed by atoms with Crippen LogP contribution in [0.5, 0.6) is 11.5 Å². The minimum atomic E-state index is -0.561. The molecular weight excluding hydrogens is 440 g/mol. The van der Waals surface area contributed by atoms with Crippen LogP contribution in [0.25, 0.3) is 5.69 Å². The number of nitrogens with two attached hydrogens (primary N) is 1. The molecule has 9 heteroatoms. The van der Waals surface area contributed by atoms with Crippen molar-refractivity contribution >= 4 is 29.4 Å². The van der Waals surface area contributed by atoms with Crippen LogP contribution >= 0.6 is 11.8 Å². The standard InChI is InChI=1S/C24H26N4O4S/c1-4-31-19-11-16(7-10-18(19)32-12-20(25)29)23-22-15(3)27-28(17-8-5-14(2)6-9-17)24(22)26-21(30)13-33-23/h5-11,23H,4,12-13H2,1-3H3,(H2,25,29)(H,26,30). The Kier molecular flexibility index (Phi) is 6.60. The average molecular weight is 467 g/mol. The van der Waals surface area contributed by atoms with Crippen molar-refractivity contribution in [3.05, 3.63) is 64.8 Å². The first-order chi connectivity index (χ1) is 15.9. The van der Waals surface area contributed by atoms with Gasteiger partial charge in [-0.3, -0.25) is 9.59 Å². The number of ether oxygens (including phenoxy) is 2. The zero-order chi connectivity index (χ0) is 23.5. The predicted octanol–water partition coefficient (Wildman–Crippen LogP) is 3.53. The topological polar surface area (TPSA) is 108 Å². The molecule has 0 fully saturated rings. The number of fused-ring (bicyclic) bond motifs is 1. The number of carbonyl (C=O) groups excluding carboxylic acids is 2. The van der Waals surface area contributed by atoms with Gasteiger partial charge in [0.1, 0.15) is 5.82 Å². The number of aryl methyl sites for hydroxylation is 2. The summed E-state index contributed by atoms with van der Waals surface area (Å²) in [7, 11) is 0. The third-order valence-corrected chi connectivity index (χ3v) is 6.50. The van der Waals surface area contributed by atoms with Gasteiger partial charge in [-0.2, -0.15) is 5.10 Å². The van der Waals surface area contributed by atoms with Gasteiger partial charge in [0, 0.05) is 5.56 Å². The molecule has 0 aliphatic carbocycles. The molecule has 3 N–H and O–H groups in total. The van der Waals surface area contributed by atoms with E-state index in [1.54, 1.807) is 10.7 Å². The zero-order valence-electron chi connectivity index (χ0n) is 18.8. The summed E-state index contributed by atoms with van der Waals surface area (Å²) < 4.78 is 13.1. The maximum absolute atomic E-state index is 12.6. The van der Waals surface area contributed by atoms with Gasteiger partial charge in [-0.05, 0) is 50.6 Å². The number of benzene rings is 2. The van der Waals surface area contributed by atoms with E-state index in [2.05, 4.69) is 5.32 Å². The van der Waals surface area contributed by atoms with Gasteiger partial charge >= 0.3 is 0 Å². The molecule has 2 amide bonds. The molecule has 3 aromatic rings. The third kappa shape index (κ3) is 4.83. The predicted molar refractivity (Wildman–Crippen MR) is 128 cm³/mol. The van der Waals surface area contributed by atoms with E-state index in [1.165, 1.54) is 11.8 Å². The largest absolute Gasteiger partial charge is 0.490 e. The molecule has 1 unspecified atom stereocenters. The van der Waals surface area contributed by atoms with Crippen molar-refractivity contribution in [3.63, 3.8) is 0 Å². The maximum Gasteiger partial charge on any atom is 0.255 e. The quantitative estimate of drug-likeness (QED) is 0.552. The lowest BCUT2D eigenvalue weighted by molar-refractivity contribution is -0.120. The van der Waals surface area contributed by atoms with E-state index in [0.29, 0.717) is 29.7 Å². The van der Waals surface area contributed by atoms with Gasteiger partial charge in [0.2, 0.25) is 5.91 Å². The number of rotatable bonds is 7. The number of hydrogen-bond acceptors (Lipinski definition) is 6. The molecule has 1 atom stereocenters. The fraction of sp³-hybridized carbons (Fsp3) is 0.292. The number of anilines is 1. The summed E-state index contributed by atoms with van der Waals surface area (Å²) >= 11 is 1.53. The summed E-state index contributed by atoms with van der Waals surface area (Å²) in [6, 6.07) is 13.6. The highest BCUT2D eigenvalue weighted by Gasteiger charge is 2.31. The number of aromatic nitrogens is 2. The second-order valence-corrected chi connectivity index (χ2v) is 8.82. The Bertz CT molecular complexity index is 1190. The number of primary amides is 1. The second kappa shape index (κ2) is 9.58. The van der Waals surface area contributed by atoms with Crippen LogP contribution in [-0.2, 0) is 9.59 Å². The first-order valence-electron chi connectivity index (χ1n) is 10.6. The van der Waals surface area contributed by atoms with Crippen molar-refractivity contribution in [2.45, 2.75) is 26.0 Å². The van der Waals surface area contributed by atoms with Gasteiger partial charge in [0.25, 0.3) is 5.91 Å². The molecule has 33 heavy (non-hydrogen) atoms. The molecule has 4 rings (SSSR count). The molecule has 172 valence electrons. The number of carbonyl (C=O) groups is 2. The van der Waals surface area contributed by atoms with Crippen LogP contribution < -0.4 is 20.5 Å². The lowest BCUT2D eigenvalue weighted by Gasteiger charge is -2.18. The molecule has 1 aliphatic rings. The summed E-state index contributed by atoms with van der Waals surface area (Å²) in [6.07, 6.45) is 0. The summed E-state index contributed by atoms with van der Waals surface area (Å²) in [4.78, 5) is 23.7. The Morgan fingerprint density at radius 3 is 2.64 bits per heavy atom. The first kappa shape index (κ1) is 22.7. The van der Waals surface area contributed by atoms with Crippen molar-refractivity contribution in [3.8, 4) is 17.2 Å². The molecule has 0 saturated heterocycles. The van der Waals surface area contributed by atoms with E-state index in [-0.39, 0.29) is 17.8 Å². The lowest BCUT2D eigenvalue weighted by Crippen LogP contribution is -2.20. The van der Waals surface area contributed by atoms with Crippen molar-refractivity contribution < 1.29 is 19.1 Å². The monoisotopic (exact) mass is 466 g/mol. The van der Waals surface area contributed by atoms with Crippen molar-refractivity contribution in [1.29, 1.82) is 0 Å². The van der Waals surface area contributed by atoms with Crippen molar-refractivity contribution in [1.82, 2.24) is 9.78 Å². The van der Waals surface area contributed by atoms with Crippen molar-refractivity contribution in [2.24, 2.45) is 5.73 Å². The van der Waals surface area contributed by atoms with Gasteiger partial charge in [-0.1, -0.05) is 23.8 Å². The Morgan fingerprint density at radius 1 is 1.18 bits per heavy atom. The molecule has 0 spiro atoms. The molecule has 1 aliphatic heterocycles. The summed E-state index contributed by atoms with van der Waals surface area (Å²) in [5.41, 5.74) is 9.95. The number of amides is 2. The van der Waals surface area contributed by atoms with Gasteiger partial charge < -0.3 is 20.5 Å². The van der Waals surface area contributed by atoms with Crippen LogP contribution in [0.1, 0.15) is 34.6 Å². The zero-order valence-corrected chi connectivity index (χ0v) is 19.6. The Hall–Kier alpha value is -3.46. The van der Waals surface area contributed by atoms with Crippen LogP contribution in [0, 0.1) is 13.8 Å². The molecule has 0 radical (unpaired) electrons. The third-order valence-electron chi connectivity index (χ3n) is 5.23. The van der Waals surface area contributed by atoms with E-state index in [0.717, 1.165) is 28.1 Å². The van der Waals surface area contributed by atoms with Crippen LogP contribution in [-0.4, -0.2) is 40.6 Å². The van der Waals surface area contributed by atoms with Crippen LogP contribution in [0.15, 0.2) is 42.5 Å².